The first-order valence-electron chi connectivity index (χ1n) is 11.6. The Morgan fingerprint density at radius 3 is 2.71 bits per heavy atom. The van der Waals surface area contributed by atoms with E-state index >= 15 is 0 Å². The molecule has 6 heteroatoms. The van der Waals surface area contributed by atoms with Crippen molar-refractivity contribution in [3.63, 3.8) is 0 Å². The number of carbonyl (C=O) groups excluding carboxylic acids is 1. The lowest BCUT2D eigenvalue weighted by Gasteiger charge is -2.16. The summed E-state index contributed by atoms with van der Waals surface area (Å²) in [5.74, 6) is 1.43. The number of imidazole rings is 1. The van der Waals surface area contributed by atoms with Gasteiger partial charge in [-0.05, 0) is 68.7 Å². The first-order chi connectivity index (χ1) is 16.3. The lowest BCUT2D eigenvalue weighted by atomic mass is 10.0. The second kappa shape index (κ2) is 8.52. The minimum absolute atomic E-state index is 0.204. The average Bonchev–Trinajstić information content (AvgIpc) is 3.29. The van der Waals surface area contributed by atoms with E-state index in [2.05, 4.69) is 67.1 Å². The van der Waals surface area contributed by atoms with E-state index in [0.717, 1.165) is 39.5 Å². The number of ether oxygens (including phenoxy) is 2. The Morgan fingerprint density at radius 1 is 1.12 bits per heavy atom. The zero-order chi connectivity index (χ0) is 24.0. The summed E-state index contributed by atoms with van der Waals surface area (Å²) in [7, 11) is 0. The molecule has 34 heavy (non-hydrogen) atoms. The Balaban J connectivity index is 1.40. The molecule has 1 unspecified atom stereocenters. The number of hydrogen-bond acceptors (Lipinski definition) is 5. The number of anilines is 1. The third-order valence-electron chi connectivity index (χ3n) is 6.55. The zero-order valence-corrected chi connectivity index (χ0v) is 20.2. The van der Waals surface area contributed by atoms with E-state index in [-0.39, 0.29) is 18.2 Å². The van der Waals surface area contributed by atoms with Crippen LogP contribution in [0.2, 0.25) is 0 Å². The SMILES string of the molecule is CC(=O)O[C@H]1c2ccc(NCc3cccc(-n4c(C)nc5c(C)cccc54)c3C)cc2OC1C. The van der Waals surface area contributed by atoms with Crippen molar-refractivity contribution in [2.24, 2.45) is 0 Å². The molecule has 4 aromatic rings. The van der Waals surface area contributed by atoms with Crippen LogP contribution >= 0.6 is 0 Å². The van der Waals surface area contributed by atoms with Gasteiger partial charge in [-0.3, -0.25) is 9.36 Å². The molecule has 0 saturated heterocycles. The van der Waals surface area contributed by atoms with E-state index in [1.165, 1.54) is 23.6 Å². The van der Waals surface area contributed by atoms with Crippen molar-refractivity contribution in [3.05, 3.63) is 82.7 Å². The van der Waals surface area contributed by atoms with E-state index in [0.29, 0.717) is 6.54 Å². The van der Waals surface area contributed by atoms with E-state index in [4.69, 9.17) is 14.5 Å². The summed E-state index contributed by atoms with van der Waals surface area (Å²) in [5.41, 5.74) is 8.77. The fourth-order valence-corrected chi connectivity index (χ4v) is 4.80. The smallest absolute Gasteiger partial charge is 0.303 e. The largest absolute Gasteiger partial charge is 0.486 e. The number of esters is 1. The average molecular weight is 456 g/mol. The number of nitrogens with zero attached hydrogens (tertiary/aromatic N) is 2. The van der Waals surface area contributed by atoms with Crippen molar-refractivity contribution in [2.75, 3.05) is 5.32 Å². The highest BCUT2D eigenvalue weighted by Crippen LogP contribution is 2.40. The fourth-order valence-electron chi connectivity index (χ4n) is 4.80. The molecular weight excluding hydrogens is 426 g/mol. The number of fused-ring (bicyclic) bond motifs is 2. The fraction of sp³-hybridized carbons (Fsp3) is 0.286. The van der Waals surface area contributed by atoms with Gasteiger partial charge in [-0.25, -0.2) is 4.98 Å². The van der Waals surface area contributed by atoms with Crippen LogP contribution < -0.4 is 10.1 Å². The maximum atomic E-state index is 11.4. The van der Waals surface area contributed by atoms with Gasteiger partial charge in [-0.15, -0.1) is 0 Å². The van der Waals surface area contributed by atoms with Crippen LogP contribution in [-0.4, -0.2) is 21.6 Å². The van der Waals surface area contributed by atoms with Gasteiger partial charge in [0.05, 0.1) is 16.7 Å². The summed E-state index contributed by atoms with van der Waals surface area (Å²) in [4.78, 5) is 16.3. The maximum absolute atomic E-state index is 11.4. The van der Waals surface area contributed by atoms with Gasteiger partial charge in [0.2, 0.25) is 0 Å². The summed E-state index contributed by atoms with van der Waals surface area (Å²) in [6.07, 6.45) is -0.567. The minimum Gasteiger partial charge on any atom is -0.486 e. The quantitative estimate of drug-likeness (QED) is 0.377. The molecule has 5 rings (SSSR count). The zero-order valence-electron chi connectivity index (χ0n) is 20.2. The van der Waals surface area contributed by atoms with Gasteiger partial charge in [0.25, 0.3) is 0 Å². The summed E-state index contributed by atoms with van der Waals surface area (Å²) < 4.78 is 13.6. The molecule has 1 aliphatic rings. The molecule has 2 atom stereocenters. The number of carbonyl (C=O) groups is 1. The Bertz CT molecular complexity index is 1410. The summed E-state index contributed by atoms with van der Waals surface area (Å²) in [5, 5.41) is 3.52. The number of nitrogens with one attached hydrogen (secondary N) is 1. The van der Waals surface area contributed by atoms with Gasteiger partial charge in [0.15, 0.2) is 6.10 Å². The molecule has 0 aliphatic carbocycles. The van der Waals surface area contributed by atoms with E-state index < -0.39 is 0 Å². The standard InChI is InChI=1S/C28H29N3O3/c1-16-8-6-11-25-27(16)30-19(4)31(25)24-10-7-9-21(17(24)2)15-29-22-12-13-23-26(14-22)33-18(3)28(23)34-20(5)32/h6-14,18,28-29H,15H2,1-5H3/t18?,28-/m1/s1. The number of benzene rings is 3. The van der Waals surface area contributed by atoms with Crippen molar-refractivity contribution in [1.29, 1.82) is 0 Å². The Hall–Kier alpha value is -3.80. The molecule has 0 spiro atoms. The highest BCUT2D eigenvalue weighted by atomic mass is 16.6. The molecule has 0 saturated carbocycles. The number of hydrogen-bond donors (Lipinski definition) is 1. The number of rotatable bonds is 5. The van der Waals surface area contributed by atoms with Crippen LogP contribution in [0.25, 0.3) is 16.7 Å². The van der Waals surface area contributed by atoms with Crippen molar-refractivity contribution in [2.45, 2.75) is 53.4 Å². The molecule has 0 radical (unpaired) electrons. The molecule has 1 aliphatic heterocycles. The predicted octanol–water partition coefficient (Wildman–Crippen LogP) is 5.95. The lowest BCUT2D eigenvalue weighted by Crippen LogP contribution is -2.18. The van der Waals surface area contributed by atoms with Gasteiger partial charge < -0.3 is 14.8 Å². The molecule has 0 fully saturated rings. The topological polar surface area (TPSA) is 65.4 Å². The van der Waals surface area contributed by atoms with Gasteiger partial charge in [0, 0.05) is 30.8 Å². The molecule has 0 bridgehead atoms. The normalized spacial score (nSPS) is 16.9. The maximum Gasteiger partial charge on any atom is 0.303 e. The Kier molecular flexibility index (Phi) is 5.52. The van der Waals surface area contributed by atoms with Gasteiger partial charge in [-0.2, -0.15) is 0 Å². The number of para-hydroxylation sites is 1. The summed E-state index contributed by atoms with van der Waals surface area (Å²) >= 11 is 0. The van der Waals surface area contributed by atoms with Gasteiger partial charge in [0.1, 0.15) is 17.7 Å². The molecule has 174 valence electrons. The Morgan fingerprint density at radius 2 is 1.91 bits per heavy atom. The summed E-state index contributed by atoms with van der Waals surface area (Å²) in [6.45, 7) is 10.3. The van der Waals surface area contributed by atoms with Crippen molar-refractivity contribution >= 4 is 22.7 Å². The highest BCUT2D eigenvalue weighted by Gasteiger charge is 2.33. The van der Waals surface area contributed by atoms with Crippen molar-refractivity contribution in [1.82, 2.24) is 9.55 Å². The van der Waals surface area contributed by atoms with Gasteiger partial charge >= 0.3 is 5.97 Å². The van der Waals surface area contributed by atoms with Crippen LogP contribution in [0, 0.1) is 20.8 Å². The molecule has 3 aromatic carbocycles. The van der Waals surface area contributed by atoms with Crippen LogP contribution in [0.15, 0.2) is 54.6 Å². The molecule has 2 heterocycles. The van der Waals surface area contributed by atoms with Crippen LogP contribution in [0.4, 0.5) is 5.69 Å². The molecule has 0 amide bonds. The first kappa shape index (κ1) is 22.0. The monoisotopic (exact) mass is 455 g/mol. The van der Waals surface area contributed by atoms with Crippen LogP contribution in [0.1, 0.15) is 48.0 Å². The second-order valence-corrected chi connectivity index (χ2v) is 8.96. The van der Waals surface area contributed by atoms with E-state index in [1.54, 1.807) is 0 Å². The van der Waals surface area contributed by atoms with Crippen LogP contribution in [0.5, 0.6) is 5.75 Å². The highest BCUT2D eigenvalue weighted by molar-refractivity contribution is 5.81. The molecule has 1 aromatic heterocycles. The lowest BCUT2D eigenvalue weighted by molar-refractivity contribution is -0.149. The third-order valence-corrected chi connectivity index (χ3v) is 6.55. The third kappa shape index (κ3) is 3.79. The second-order valence-electron chi connectivity index (χ2n) is 8.96. The number of aryl methyl sites for hydroxylation is 2. The molecular formula is C28H29N3O3. The Labute approximate surface area is 199 Å². The summed E-state index contributed by atoms with van der Waals surface area (Å²) in [6, 6.07) is 18.7. The molecule has 6 nitrogen and oxygen atoms in total. The van der Waals surface area contributed by atoms with Crippen molar-refractivity contribution < 1.29 is 14.3 Å². The van der Waals surface area contributed by atoms with Crippen LogP contribution in [0.3, 0.4) is 0 Å². The predicted molar refractivity (Wildman–Crippen MR) is 134 cm³/mol. The first-order valence-corrected chi connectivity index (χ1v) is 11.6. The van der Waals surface area contributed by atoms with Gasteiger partial charge in [-0.1, -0.05) is 24.3 Å². The van der Waals surface area contributed by atoms with Crippen molar-refractivity contribution in [3.8, 4) is 11.4 Å². The molecule has 1 N–H and O–H groups in total. The van der Waals surface area contributed by atoms with E-state index in [9.17, 15) is 4.79 Å². The minimum atomic E-state index is -0.364. The van der Waals surface area contributed by atoms with E-state index in [1.807, 2.05) is 25.1 Å². The number of aromatic nitrogens is 2. The van der Waals surface area contributed by atoms with Crippen LogP contribution in [-0.2, 0) is 16.1 Å².